The lowest BCUT2D eigenvalue weighted by molar-refractivity contribution is 0.0617. The first-order valence-electron chi connectivity index (χ1n) is 6.93. The molecule has 1 atom stereocenters. The molecule has 19 heavy (non-hydrogen) atoms. The lowest BCUT2D eigenvalue weighted by atomic mass is 9.88. The van der Waals surface area contributed by atoms with Crippen LogP contribution >= 0.6 is 0 Å². The number of ketones is 1. The predicted octanol–water partition coefficient (Wildman–Crippen LogP) is 3.52. The van der Waals surface area contributed by atoms with Gasteiger partial charge < -0.3 is 0 Å². The summed E-state index contributed by atoms with van der Waals surface area (Å²) in [7, 11) is 0. The number of piperidine rings is 1. The van der Waals surface area contributed by atoms with Gasteiger partial charge in [-0.1, -0.05) is 12.1 Å². The summed E-state index contributed by atoms with van der Waals surface area (Å²) in [5, 5.41) is 0. The minimum absolute atomic E-state index is 0.00484. The molecule has 0 radical (unpaired) electrons. The second-order valence-corrected chi connectivity index (χ2v) is 6.33. The van der Waals surface area contributed by atoms with Crippen molar-refractivity contribution in [2.24, 2.45) is 5.92 Å². The van der Waals surface area contributed by atoms with Crippen molar-refractivity contribution in [3.63, 3.8) is 0 Å². The molecule has 0 unspecified atom stereocenters. The zero-order valence-corrected chi connectivity index (χ0v) is 11.9. The van der Waals surface area contributed by atoms with Gasteiger partial charge >= 0.3 is 0 Å². The molecule has 0 bridgehead atoms. The van der Waals surface area contributed by atoms with Crippen molar-refractivity contribution >= 4 is 5.78 Å². The molecule has 104 valence electrons. The molecule has 0 N–H and O–H groups in total. The first-order valence-corrected chi connectivity index (χ1v) is 6.93. The van der Waals surface area contributed by atoms with Gasteiger partial charge in [0.25, 0.3) is 0 Å². The molecule has 1 heterocycles. The van der Waals surface area contributed by atoms with Crippen molar-refractivity contribution in [2.45, 2.75) is 39.2 Å². The summed E-state index contributed by atoms with van der Waals surface area (Å²) < 4.78 is 13.2. The zero-order valence-electron chi connectivity index (χ0n) is 11.9. The Morgan fingerprint density at radius 2 is 2.11 bits per heavy atom. The van der Waals surface area contributed by atoms with E-state index in [2.05, 4.69) is 25.7 Å². The average molecular weight is 263 g/mol. The van der Waals surface area contributed by atoms with Crippen LogP contribution in [0.25, 0.3) is 0 Å². The molecular weight excluding hydrogens is 241 g/mol. The molecule has 1 saturated heterocycles. The molecule has 0 spiro atoms. The van der Waals surface area contributed by atoms with E-state index in [0.29, 0.717) is 5.56 Å². The second-order valence-electron chi connectivity index (χ2n) is 6.33. The van der Waals surface area contributed by atoms with E-state index >= 15 is 0 Å². The van der Waals surface area contributed by atoms with Crippen molar-refractivity contribution in [1.82, 2.24) is 4.90 Å². The molecule has 1 aliphatic heterocycles. The summed E-state index contributed by atoms with van der Waals surface area (Å²) >= 11 is 0. The number of Topliss-reactive ketones (excluding diaryl/α,β-unsaturated/α-hetero) is 1. The highest BCUT2D eigenvalue weighted by atomic mass is 19.1. The third kappa shape index (κ3) is 3.41. The number of hydrogen-bond donors (Lipinski definition) is 0. The largest absolute Gasteiger partial charge is 0.298 e. The molecule has 0 saturated carbocycles. The maximum atomic E-state index is 13.2. The van der Waals surface area contributed by atoms with Gasteiger partial charge in [-0.2, -0.15) is 0 Å². The molecule has 0 aliphatic carbocycles. The van der Waals surface area contributed by atoms with Crippen LogP contribution in [0.3, 0.4) is 0 Å². The van der Waals surface area contributed by atoms with Gasteiger partial charge in [-0.3, -0.25) is 9.69 Å². The van der Waals surface area contributed by atoms with Crippen LogP contribution in [0.4, 0.5) is 4.39 Å². The highest BCUT2D eigenvalue weighted by molar-refractivity contribution is 5.98. The molecule has 1 fully saturated rings. The van der Waals surface area contributed by atoms with Crippen LogP contribution in [0.2, 0.25) is 0 Å². The lowest BCUT2D eigenvalue weighted by Crippen LogP contribution is -2.48. The van der Waals surface area contributed by atoms with Gasteiger partial charge in [-0.15, -0.1) is 0 Å². The average Bonchev–Trinajstić information content (AvgIpc) is 2.37. The van der Waals surface area contributed by atoms with Crippen LogP contribution in [0.5, 0.6) is 0 Å². The summed E-state index contributed by atoms with van der Waals surface area (Å²) in [6.45, 7) is 8.32. The monoisotopic (exact) mass is 263 g/mol. The number of rotatable bonds is 2. The Balaban J connectivity index is 2.11. The van der Waals surface area contributed by atoms with Crippen molar-refractivity contribution < 1.29 is 9.18 Å². The molecule has 1 aromatic carbocycles. The third-order valence-electron chi connectivity index (χ3n) is 3.85. The SMILES string of the molecule is CC(C)(C)N1CCC[C@@H](C(=O)c2cccc(F)c2)C1. The first kappa shape index (κ1) is 14.2. The van der Waals surface area contributed by atoms with Gasteiger partial charge in [0.05, 0.1) is 0 Å². The summed E-state index contributed by atoms with van der Waals surface area (Å²) in [6.07, 6.45) is 1.94. The van der Waals surface area contributed by atoms with Gasteiger partial charge in [-0.25, -0.2) is 4.39 Å². The number of carbonyl (C=O) groups is 1. The topological polar surface area (TPSA) is 20.3 Å². The molecule has 1 aromatic rings. The normalized spacial score (nSPS) is 21.4. The fraction of sp³-hybridized carbons (Fsp3) is 0.562. The van der Waals surface area contributed by atoms with Crippen molar-refractivity contribution in [3.8, 4) is 0 Å². The van der Waals surface area contributed by atoms with Crippen LogP contribution in [0.1, 0.15) is 44.0 Å². The number of benzene rings is 1. The summed E-state index contributed by atoms with van der Waals surface area (Å²) in [5.74, 6) is -0.266. The van der Waals surface area contributed by atoms with Gasteiger partial charge in [0.2, 0.25) is 0 Å². The third-order valence-corrected chi connectivity index (χ3v) is 3.85. The van der Waals surface area contributed by atoms with Crippen molar-refractivity contribution in [1.29, 1.82) is 0 Å². The van der Waals surface area contributed by atoms with E-state index < -0.39 is 0 Å². The molecule has 2 nitrogen and oxygen atoms in total. The lowest BCUT2D eigenvalue weighted by Gasteiger charge is -2.41. The Labute approximate surface area is 114 Å². The number of carbonyl (C=O) groups excluding carboxylic acids is 1. The minimum Gasteiger partial charge on any atom is -0.298 e. The summed E-state index contributed by atoms with van der Waals surface area (Å²) in [6, 6.07) is 6.03. The molecule has 0 amide bonds. The standard InChI is InChI=1S/C16H22FNO/c1-16(2,3)18-9-5-7-13(11-18)15(19)12-6-4-8-14(17)10-12/h4,6,8,10,13H,5,7,9,11H2,1-3H3/t13-/m1/s1. The number of halogens is 1. The quantitative estimate of drug-likeness (QED) is 0.761. The summed E-state index contributed by atoms with van der Waals surface area (Å²) in [4.78, 5) is 14.8. The number of nitrogens with zero attached hydrogens (tertiary/aromatic N) is 1. The fourth-order valence-electron chi connectivity index (χ4n) is 2.68. The van der Waals surface area contributed by atoms with E-state index in [1.54, 1.807) is 12.1 Å². The Hall–Kier alpha value is -1.22. The first-order chi connectivity index (χ1) is 8.88. The van der Waals surface area contributed by atoms with E-state index in [0.717, 1.165) is 25.9 Å². The Morgan fingerprint density at radius 3 is 2.74 bits per heavy atom. The maximum Gasteiger partial charge on any atom is 0.167 e. The minimum atomic E-state index is -0.339. The van der Waals surface area contributed by atoms with Gasteiger partial charge in [0.15, 0.2) is 5.78 Å². The summed E-state index contributed by atoms with van der Waals surface area (Å²) in [5.41, 5.74) is 0.585. The fourth-order valence-corrected chi connectivity index (χ4v) is 2.68. The highest BCUT2D eigenvalue weighted by Crippen LogP contribution is 2.26. The van der Waals surface area contributed by atoms with Crippen LogP contribution in [-0.2, 0) is 0 Å². The molecule has 0 aromatic heterocycles. The van der Waals surface area contributed by atoms with Crippen LogP contribution in [-0.4, -0.2) is 29.3 Å². The zero-order chi connectivity index (χ0) is 14.0. The van der Waals surface area contributed by atoms with E-state index in [4.69, 9.17) is 0 Å². The van der Waals surface area contributed by atoms with Gasteiger partial charge in [0.1, 0.15) is 5.82 Å². The van der Waals surface area contributed by atoms with E-state index in [9.17, 15) is 9.18 Å². The molecule has 3 heteroatoms. The number of hydrogen-bond acceptors (Lipinski definition) is 2. The second kappa shape index (κ2) is 5.41. The van der Waals surface area contributed by atoms with Gasteiger partial charge in [0, 0.05) is 23.6 Å². The van der Waals surface area contributed by atoms with Crippen molar-refractivity contribution in [2.75, 3.05) is 13.1 Å². The molecule has 2 rings (SSSR count). The van der Waals surface area contributed by atoms with Crippen LogP contribution in [0.15, 0.2) is 24.3 Å². The van der Waals surface area contributed by atoms with Crippen molar-refractivity contribution in [3.05, 3.63) is 35.6 Å². The number of likely N-dealkylation sites (tertiary alicyclic amines) is 1. The molecular formula is C16H22FNO. The Bertz CT molecular complexity index is 464. The highest BCUT2D eigenvalue weighted by Gasteiger charge is 2.31. The molecule has 1 aliphatic rings. The van der Waals surface area contributed by atoms with Crippen LogP contribution < -0.4 is 0 Å². The predicted molar refractivity (Wildman–Crippen MR) is 74.8 cm³/mol. The Kier molecular flexibility index (Phi) is 4.04. The van der Waals surface area contributed by atoms with E-state index in [1.165, 1.54) is 12.1 Å². The maximum absolute atomic E-state index is 13.2. The smallest absolute Gasteiger partial charge is 0.167 e. The Morgan fingerprint density at radius 1 is 1.37 bits per heavy atom. The van der Waals surface area contributed by atoms with Crippen LogP contribution in [0, 0.1) is 11.7 Å². The van der Waals surface area contributed by atoms with E-state index in [1.807, 2.05) is 0 Å². The van der Waals surface area contributed by atoms with E-state index in [-0.39, 0.29) is 23.1 Å². The van der Waals surface area contributed by atoms with Gasteiger partial charge in [-0.05, 0) is 52.3 Å².